The highest BCUT2D eigenvalue weighted by Crippen LogP contribution is 2.32. The van der Waals surface area contributed by atoms with Gasteiger partial charge < -0.3 is 10.8 Å². The summed E-state index contributed by atoms with van der Waals surface area (Å²) in [5.74, 6) is -0.214. The molecule has 0 bridgehead atoms. The number of carboxylic acid groups (broad SMARTS) is 1. The van der Waals surface area contributed by atoms with E-state index in [4.69, 9.17) is 5.73 Å². The zero-order valence-electron chi connectivity index (χ0n) is 13.6. The number of nitrogens with zero attached hydrogens (tertiary/aromatic N) is 1. The normalized spacial score (nSPS) is 15.9. The van der Waals surface area contributed by atoms with E-state index in [1.165, 1.54) is 32.1 Å². The number of nitrogen functional groups attached to an aromatic ring is 1. The number of pyridine rings is 1. The van der Waals surface area contributed by atoms with Gasteiger partial charge in [0.25, 0.3) is 0 Å². The number of anilines is 1. The zero-order chi connectivity index (χ0) is 16.4. The lowest BCUT2D eigenvalue weighted by atomic mass is 9.84. The van der Waals surface area contributed by atoms with Gasteiger partial charge in [-0.05, 0) is 37.3 Å². The molecule has 0 spiro atoms. The molecule has 3 rings (SSSR count). The molecule has 0 saturated heterocycles. The van der Waals surface area contributed by atoms with Gasteiger partial charge in [-0.1, -0.05) is 44.2 Å². The summed E-state index contributed by atoms with van der Waals surface area (Å²) in [6.45, 7) is 1.70. The largest absolute Gasteiger partial charge is 0.478 e. The van der Waals surface area contributed by atoms with E-state index in [0.29, 0.717) is 11.4 Å². The molecule has 1 saturated carbocycles. The first-order valence-corrected chi connectivity index (χ1v) is 8.49. The molecule has 0 amide bonds. The third-order valence-electron chi connectivity index (χ3n) is 5.08. The predicted octanol–water partition coefficient (Wildman–Crippen LogP) is 4.34. The smallest absolute Gasteiger partial charge is 0.339 e. The van der Waals surface area contributed by atoms with Crippen LogP contribution in [0.5, 0.6) is 0 Å². The van der Waals surface area contributed by atoms with Gasteiger partial charge in [0.2, 0.25) is 0 Å². The van der Waals surface area contributed by atoms with Crippen LogP contribution in [-0.4, -0.2) is 16.1 Å². The topological polar surface area (TPSA) is 76.2 Å². The molecule has 1 heterocycles. The van der Waals surface area contributed by atoms with E-state index < -0.39 is 5.97 Å². The minimum atomic E-state index is -1.00. The van der Waals surface area contributed by atoms with Gasteiger partial charge in [0.05, 0.1) is 16.9 Å². The number of aromatic nitrogens is 1. The Morgan fingerprint density at radius 2 is 2.04 bits per heavy atom. The number of hydrogen-bond donors (Lipinski definition) is 2. The van der Waals surface area contributed by atoms with E-state index in [2.05, 4.69) is 11.1 Å². The number of nitrogens with two attached hydrogens (primary N) is 1. The first kappa shape index (κ1) is 15.8. The predicted molar refractivity (Wildman–Crippen MR) is 92.7 cm³/mol. The SMILES string of the molecule is Cc1nc2cccc(CCC3CCCCC3)c2c(N)c1C(=O)O. The van der Waals surface area contributed by atoms with Gasteiger partial charge in [-0.3, -0.25) is 4.98 Å². The Labute approximate surface area is 136 Å². The van der Waals surface area contributed by atoms with Crippen LogP contribution < -0.4 is 5.73 Å². The highest BCUT2D eigenvalue weighted by Gasteiger charge is 2.19. The molecule has 2 aromatic rings. The molecule has 0 atom stereocenters. The molecular formula is C19H24N2O2. The summed E-state index contributed by atoms with van der Waals surface area (Å²) >= 11 is 0. The van der Waals surface area contributed by atoms with Crippen LogP contribution >= 0.6 is 0 Å². The van der Waals surface area contributed by atoms with Gasteiger partial charge >= 0.3 is 5.97 Å². The van der Waals surface area contributed by atoms with Crippen molar-refractivity contribution in [3.8, 4) is 0 Å². The molecule has 1 fully saturated rings. The molecule has 0 unspecified atom stereocenters. The van der Waals surface area contributed by atoms with Crippen molar-refractivity contribution in [1.82, 2.24) is 4.98 Å². The number of rotatable bonds is 4. The van der Waals surface area contributed by atoms with Gasteiger partial charge in [0, 0.05) is 5.39 Å². The fourth-order valence-electron chi connectivity index (χ4n) is 3.86. The second-order valence-electron chi connectivity index (χ2n) is 6.65. The van der Waals surface area contributed by atoms with Gasteiger partial charge in [0.15, 0.2) is 0 Å². The summed E-state index contributed by atoms with van der Waals surface area (Å²) in [7, 11) is 0. The van der Waals surface area contributed by atoms with Crippen molar-refractivity contribution < 1.29 is 9.90 Å². The first-order valence-electron chi connectivity index (χ1n) is 8.49. The van der Waals surface area contributed by atoms with Gasteiger partial charge in [-0.25, -0.2) is 4.79 Å². The van der Waals surface area contributed by atoms with Crippen LogP contribution in [0.3, 0.4) is 0 Å². The van der Waals surface area contributed by atoms with Crippen molar-refractivity contribution >= 4 is 22.6 Å². The van der Waals surface area contributed by atoms with Crippen molar-refractivity contribution in [2.24, 2.45) is 5.92 Å². The van der Waals surface area contributed by atoms with Gasteiger partial charge in [-0.2, -0.15) is 0 Å². The fraction of sp³-hybridized carbons (Fsp3) is 0.474. The van der Waals surface area contributed by atoms with E-state index in [1.54, 1.807) is 6.92 Å². The van der Waals surface area contributed by atoms with Crippen molar-refractivity contribution in [3.63, 3.8) is 0 Å². The van der Waals surface area contributed by atoms with E-state index in [-0.39, 0.29) is 5.56 Å². The minimum absolute atomic E-state index is 0.141. The molecule has 1 aromatic carbocycles. The Balaban J connectivity index is 1.96. The van der Waals surface area contributed by atoms with E-state index in [1.807, 2.05) is 12.1 Å². The Morgan fingerprint density at radius 3 is 2.74 bits per heavy atom. The summed E-state index contributed by atoms with van der Waals surface area (Å²) in [6.07, 6.45) is 8.77. The lowest BCUT2D eigenvalue weighted by Crippen LogP contribution is -2.10. The third-order valence-corrected chi connectivity index (χ3v) is 5.08. The highest BCUT2D eigenvalue weighted by molar-refractivity contribution is 6.05. The van der Waals surface area contributed by atoms with Crippen molar-refractivity contribution in [1.29, 1.82) is 0 Å². The molecule has 0 radical (unpaired) electrons. The summed E-state index contributed by atoms with van der Waals surface area (Å²) < 4.78 is 0. The number of carbonyl (C=O) groups is 1. The van der Waals surface area contributed by atoms with Crippen molar-refractivity contribution in [3.05, 3.63) is 35.0 Å². The van der Waals surface area contributed by atoms with Crippen LogP contribution in [0.2, 0.25) is 0 Å². The number of carboxylic acids is 1. The monoisotopic (exact) mass is 312 g/mol. The summed E-state index contributed by atoms with van der Waals surface area (Å²) in [4.78, 5) is 15.9. The second-order valence-corrected chi connectivity index (χ2v) is 6.65. The Kier molecular flexibility index (Phi) is 4.51. The van der Waals surface area contributed by atoms with Crippen molar-refractivity contribution in [2.45, 2.75) is 51.9 Å². The zero-order valence-corrected chi connectivity index (χ0v) is 13.6. The molecule has 1 aliphatic rings. The molecular weight excluding hydrogens is 288 g/mol. The maximum Gasteiger partial charge on any atom is 0.339 e. The van der Waals surface area contributed by atoms with E-state index in [0.717, 1.165) is 35.2 Å². The number of aromatic carboxylic acids is 1. The molecule has 1 aromatic heterocycles. The molecule has 4 heteroatoms. The molecule has 3 N–H and O–H groups in total. The minimum Gasteiger partial charge on any atom is -0.478 e. The number of fused-ring (bicyclic) bond motifs is 1. The number of benzene rings is 1. The van der Waals surface area contributed by atoms with Gasteiger partial charge in [0.1, 0.15) is 5.56 Å². The standard InChI is InChI=1S/C19H24N2O2/c1-12-16(19(22)23)18(20)17-14(8-5-9-15(17)21-12)11-10-13-6-3-2-4-7-13/h5,8-9,13H,2-4,6-7,10-11H2,1H3,(H2,20,21)(H,22,23). The fourth-order valence-corrected chi connectivity index (χ4v) is 3.86. The Bertz CT molecular complexity index is 734. The van der Waals surface area contributed by atoms with E-state index >= 15 is 0 Å². The summed E-state index contributed by atoms with van der Waals surface area (Å²) in [5.41, 5.74) is 9.11. The molecule has 1 aliphatic carbocycles. The average molecular weight is 312 g/mol. The van der Waals surface area contributed by atoms with Crippen LogP contribution in [0.25, 0.3) is 10.9 Å². The van der Waals surface area contributed by atoms with Crippen molar-refractivity contribution in [2.75, 3.05) is 5.73 Å². The van der Waals surface area contributed by atoms with E-state index in [9.17, 15) is 9.90 Å². The lowest BCUT2D eigenvalue weighted by Gasteiger charge is -2.22. The van der Waals surface area contributed by atoms with Crippen LogP contribution in [0.4, 0.5) is 5.69 Å². The lowest BCUT2D eigenvalue weighted by molar-refractivity contribution is 0.0697. The highest BCUT2D eigenvalue weighted by atomic mass is 16.4. The maximum atomic E-state index is 11.5. The number of aryl methyl sites for hydroxylation is 2. The number of hydrogen-bond acceptors (Lipinski definition) is 3. The molecule has 122 valence electrons. The Hall–Kier alpha value is -2.10. The first-order chi connectivity index (χ1) is 11.1. The third kappa shape index (κ3) is 3.16. The molecule has 0 aliphatic heterocycles. The summed E-state index contributed by atoms with van der Waals surface area (Å²) in [5, 5.41) is 10.2. The van der Waals surface area contributed by atoms with Crippen LogP contribution in [0.1, 0.15) is 60.1 Å². The van der Waals surface area contributed by atoms with Crippen LogP contribution in [0.15, 0.2) is 18.2 Å². The molecule has 23 heavy (non-hydrogen) atoms. The molecule has 4 nitrogen and oxygen atoms in total. The van der Waals surface area contributed by atoms with Gasteiger partial charge in [-0.15, -0.1) is 0 Å². The second kappa shape index (κ2) is 6.57. The summed E-state index contributed by atoms with van der Waals surface area (Å²) in [6, 6.07) is 5.96. The average Bonchev–Trinajstić information content (AvgIpc) is 2.53. The van der Waals surface area contributed by atoms with Crippen LogP contribution in [0, 0.1) is 12.8 Å². The quantitative estimate of drug-likeness (QED) is 0.880. The Morgan fingerprint density at radius 1 is 1.30 bits per heavy atom. The van der Waals surface area contributed by atoms with Crippen LogP contribution in [-0.2, 0) is 6.42 Å². The maximum absolute atomic E-state index is 11.5.